The van der Waals surface area contributed by atoms with Crippen LogP contribution in [0.5, 0.6) is 5.75 Å². The molecule has 1 saturated heterocycles. The van der Waals surface area contributed by atoms with Crippen LogP contribution in [0.2, 0.25) is 5.02 Å². The Hall–Kier alpha value is -2.28. The number of anilines is 1. The predicted molar refractivity (Wildman–Crippen MR) is 113 cm³/mol. The molecule has 28 heavy (non-hydrogen) atoms. The molecule has 0 aromatic heterocycles. The predicted octanol–water partition coefficient (Wildman–Crippen LogP) is 3.46. The van der Waals surface area contributed by atoms with Crippen LogP contribution < -0.4 is 15.4 Å². The Morgan fingerprint density at radius 3 is 2.32 bits per heavy atom. The molecule has 1 aliphatic heterocycles. The van der Waals surface area contributed by atoms with Crippen molar-refractivity contribution < 1.29 is 9.53 Å². The molecule has 2 aromatic rings. The number of halogens is 1. The second kappa shape index (κ2) is 9.78. The van der Waals surface area contributed by atoms with Gasteiger partial charge in [-0.2, -0.15) is 0 Å². The van der Waals surface area contributed by atoms with Crippen LogP contribution in [0.4, 0.5) is 10.5 Å². The number of rotatable bonds is 6. The Balaban J connectivity index is 1.65. The number of hydrogen-bond acceptors (Lipinski definition) is 4. The molecule has 0 bridgehead atoms. The SMILES string of the molecule is COc1ccc(C(CNC(=O)Nc2ccc(Cl)cc2)N2CCN(C)CC2)cc1. The fraction of sp³-hybridized carbons (Fsp3) is 0.381. The van der Waals surface area contributed by atoms with E-state index in [-0.39, 0.29) is 12.1 Å². The number of hydrogen-bond donors (Lipinski definition) is 2. The van der Waals surface area contributed by atoms with E-state index in [1.807, 2.05) is 12.1 Å². The maximum atomic E-state index is 12.4. The van der Waals surface area contributed by atoms with Crippen LogP contribution in [0.25, 0.3) is 0 Å². The van der Waals surface area contributed by atoms with E-state index in [0.29, 0.717) is 17.3 Å². The van der Waals surface area contributed by atoms with Crippen molar-refractivity contribution in [3.05, 3.63) is 59.1 Å². The number of nitrogens with zero attached hydrogens (tertiary/aromatic N) is 2. The van der Waals surface area contributed by atoms with E-state index in [1.165, 1.54) is 0 Å². The van der Waals surface area contributed by atoms with Gasteiger partial charge in [0.05, 0.1) is 13.2 Å². The van der Waals surface area contributed by atoms with Crippen molar-refractivity contribution in [3.8, 4) is 5.75 Å². The van der Waals surface area contributed by atoms with Crippen LogP contribution in [0.1, 0.15) is 11.6 Å². The highest BCUT2D eigenvalue weighted by atomic mass is 35.5. The Morgan fingerprint density at radius 1 is 1.07 bits per heavy atom. The fourth-order valence-corrected chi connectivity index (χ4v) is 3.44. The number of carbonyl (C=O) groups is 1. The number of nitrogens with one attached hydrogen (secondary N) is 2. The monoisotopic (exact) mass is 402 g/mol. The third-order valence-electron chi connectivity index (χ3n) is 5.04. The molecule has 1 atom stereocenters. The molecule has 0 spiro atoms. The number of benzene rings is 2. The first-order valence-corrected chi connectivity index (χ1v) is 9.80. The molecule has 2 amide bonds. The van der Waals surface area contributed by atoms with Gasteiger partial charge in [0.25, 0.3) is 0 Å². The second-order valence-electron chi connectivity index (χ2n) is 6.97. The number of ether oxygens (including phenoxy) is 1. The number of amides is 2. The van der Waals surface area contributed by atoms with Gasteiger partial charge in [-0.25, -0.2) is 4.79 Å². The van der Waals surface area contributed by atoms with E-state index in [2.05, 4.69) is 39.6 Å². The van der Waals surface area contributed by atoms with E-state index in [9.17, 15) is 4.79 Å². The third kappa shape index (κ3) is 5.61. The fourth-order valence-electron chi connectivity index (χ4n) is 3.32. The summed E-state index contributed by atoms with van der Waals surface area (Å²) in [4.78, 5) is 17.1. The van der Waals surface area contributed by atoms with Crippen LogP contribution in [0.15, 0.2) is 48.5 Å². The van der Waals surface area contributed by atoms with Gasteiger partial charge in [0.15, 0.2) is 0 Å². The summed E-state index contributed by atoms with van der Waals surface area (Å²) in [5.74, 6) is 0.828. The first-order chi connectivity index (χ1) is 13.5. The van der Waals surface area contributed by atoms with Crippen LogP contribution in [0, 0.1) is 0 Å². The first-order valence-electron chi connectivity index (χ1n) is 9.42. The van der Waals surface area contributed by atoms with Crippen molar-refractivity contribution in [2.24, 2.45) is 0 Å². The van der Waals surface area contributed by atoms with Crippen molar-refractivity contribution in [2.45, 2.75) is 6.04 Å². The lowest BCUT2D eigenvalue weighted by Crippen LogP contribution is -2.48. The molecule has 0 radical (unpaired) electrons. The lowest BCUT2D eigenvalue weighted by atomic mass is 10.0. The lowest BCUT2D eigenvalue weighted by Gasteiger charge is -2.38. The Kier molecular flexibility index (Phi) is 7.14. The van der Waals surface area contributed by atoms with E-state index in [4.69, 9.17) is 16.3 Å². The highest BCUT2D eigenvalue weighted by Crippen LogP contribution is 2.24. The standard InChI is InChI=1S/C21H27ClN4O2/c1-25-11-13-26(14-12-25)20(16-3-9-19(28-2)10-4-16)15-23-21(27)24-18-7-5-17(22)6-8-18/h3-10,20H,11-15H2,1-2H3,(H2,23,24,27). The Bertz CT molecular complexity index is 759. The van der Waals surface area contributed by atoms with Gasteiger partial charge >= 0.3 is 6.03 Å². The molecule has 1 aliphatic rings. The van der Waals surface area contributed by atoms with Crippen molar-refractivity contribution in [1.82, 2.24) is 15.1 Å². The van der Waals surface area contributed by atoms with Gasteiger partial charge in [0.2, 0.25) is 0 Å². The highest BCUT2D eigenvalue weighted by Gasteiger charge is 2.24. The summed E-state index contributed by atoms with van der Waals surface area (Å²) in [6.07, 6.45) is 0. The van der Waals surface area contributed by atoms with Gasteiger partial charge in [-0.3, -0.25) is 4.90 Å². The molecular formula is C21H27ClN4O2. The maximum Gasteiger partial charge on any atom is 0.319 e. The zero-order valence-corrected chi connectivity index (χ0v) is 17.1. The molecule has 2 aromatic carbocycles. The summed E-state index contributed by atoms with van der Waals surface area (Å²) in [6, 6.07) is 15.0. The number of urea groups is 1. The van der Waals surface area contributed by atoms with Gasteiger partial charge in [-0.1, -0.05) is 23.7 Å². The molecule has 0 aliphatic carbocycles. The molecule has 1 fully saturated rings. The van der Waals surface area contributed by atoms with Crippen molar-refractivity contribution >= 4 is 23.3 Å². The largest absolute Gasteiger partial charge is 0.497 e. The number of likely N-dealkylation sites (N-methyl/N-ethyl adjacent to an activating group) is 1. The van der Waals surface area contributed by atoms with Gasteiger partial charge in [0, 0.05) is 43.4 Å². The zero-order valence-electron chi connectivity index (χ0n) is 16.3. The number of methoxy groups -OCH3 is 1. The van der Waals surface area contributed by atoms with E-state index < -0.39 is 0 Å². The molecule has 0 saturated carbocycles. The van der Waals surface area contributed by atoms with Crippen LogP contribution >= 0.6 is 11.6 Å². The van der Waals surface area contributed by atoms with E-state index in [1.54, 1.807) is 31.4 Å². The summed E-state index contributed by atoms with van der Waals surface area (Å²) in [6.45, 7) is 4.49. The minimum Gasteiger partial charge on any atom is -0.497 e. The third-order valence-corrected chi connectivity index (χ3v) is 5.29. The van der Waals surface area contributed by atoms with Crippen molar-refractivity contribution in [2.75, 3.05) is 52.2 Å². The minimum atomic E-state index is -0.227. The van der Waals surface area contributed by atoms with Gasteiger partial charge < -0.3 is 20.3 Å². The molecule has 3 rings (SSSR count). The summed E-state index contributed by atoms with van der Waals surface area (Å²) >= 11 is 5.89. The molecule has 6 nitrogen and oxygen atoms in total. The Morgan fingerprint density at radius 2 is 1.71 bits per heavy atom. The summed E-state index contributed by atoms with van der Waals surface area (Å²) < 4.78 is 5.27. The van der Waals surface area contributed by atoms with E-state index >= 15 is 0 Å². The molecule has 1 heterocycles. The second-order valence-corrected chi connectivity index (χ2v) is 7.41. The maximum absolute atomic E-state index is 12.4. The molecule has 7 heteroatoms. The van der Waals surface area contributed by atoms with Crippen LogP contribution in [0.3, 0.4) is 0 Å². The average molecular weight is 403 g/mol. The quantitative estimate of drug-likeness (QED) is 0.776. The first kappa shape index (κ1) is 20.5. The molecule has 1 unspecified atom stereocenters. The number of carbonyl (C=O) groups excluding carboxylic acids is 1. The smallest absolute Gasteiger partial charge is 0.319 e. The topological polar surface area (TPSA) is 56.8 Å². The van der Waals surface area contributed by atoms with Gasteiger partial charge in [0.1, 0.15) is 5.75 Å². The highest BCUT2D eigenvalue weighted by molar-refractivity contribution is 6.30. The van der Waals surface area contributed by atoms with Crippen molar-refractivity contribution in [1.29, 1.82) is 0 Å². The molecule has 150 valence electrons. The van der Waals surface area contributed by atoms with Crippen LogP contribution in [-0.2, 0) is 0 Å². The number of piperazine rings is 1. The molecular weight excluding hydrogens is 376 g/mol. The average Bonchev–Trinajstić information content (AvgIpc) is 2.71. The normalized spacial score (nSPS) is 16.4. The van der Waals surface area contributed by atoms with Crippen LogP contribution in [-0.4, -0.2) is 62.7 Å². The Labute approximate surface area is 171 Å². The van der Waals surface area contributed by atoms with E-state index in [0.717, 1.165) is 37.5 Å². The zero-order chi connectivity index (χ0) is 19.9. The summed E-state index contributed by atoms with van der Waals surface area (Å²) in [5.41, 5.74) is 1.87. The molecule has 2 N–H and O–H groups in total. The minimum absolute atomic E-state index is 0.107. The van der Waals surface area contributed by atoms with Crippen molar-refractivity contribution in [3.63, 3.8) is 0 Å². The van der Waals surface area contributed by atoms with Gasteiger partial charge in [-0.15, -0.1) is 0 Å². The van der Waals surface area contributed by atoms with Gasteiger partial charge in [-0.05, 0) is 49.0 Å². The summed E-state index contributed by atoms with van der Waals surface area (Å²) in [7, 11) is 3.80. The summed E-state index contributed by atoms with van der Waals surface area (Å²) in [5, 5.41) is 6.50. The lowest BCUT2D eigenvalue weighted by molar-refractivity contribution is 0.111.